The molecule has 2 heteroatoms. The van der Waals surface area contributed by atoms with Crippen LogP contribution in [0.4, 0.5) is 5.69 Å². The normalized spacial score (nSPS) is 21.5. The number of nitrogens with zero attached hydrogens (tertiary/aromatic N) is 1. The number of aryl methyl sites for hydroxylation is 1. The molecule has 1 heterocycles. The molecule has 0 radical (unpaired) electrons. The fourth-order valence-corrected chi connectivity index (χ4v) is 2.97. The zero-order valence-corrected chi connectivity index (χ0v) is 12.4. The zero-order chi connectivity index (χ0) is 14.7. The van der Waals surface area contributed by atoms with Gasteiger partial charge in [0.2, 0.25) is 0 Å². The van der Waals surface area contributed by atoms with Gasteiger partial charge in [0.05, 0.1) is 6.61 Å². The first kappa shape index (κ1) is 13.9. The maximum atomic E-state index is 10.0. The van der Waals surface area contributed by atoms with Crippen LogP contribution >= 0.6 is 0 Å². The Morgan fingerprint density at radius 3 is 2.43 bits per heavy atom. The second-order valence-corrected chi connectivity index (χ2v) is 5.86. The molecule has 3 rings (SSSR count). The lowest BCUT2D eigenvalue weighted by atomic mass is 9.76. The van der Waals surface area contributed by atoms with Gasteiger partial charge in [-0.1, -0.05) is 54.1 Å². The van der Waals surface area contributed by atoms with Crippen molar-refractivity contribution in [1.29, 1.82) is 0 Å². The van der Waals surface area contributed by atoms with E-state index in [4.69, 9.17) is 0 Å². The third-order valence-corrected chi connectivity index (χ3v) is 4.32. The van der Waals surface area contributed by atoms with Gasteiger partial charge in [0.25, 0.3) is 0 Å². The van der Waals surface area contributed by atoms with E-state index in [1.54, 1.807) is 0 Å². The molecule has 0 spiro atoms. The molecule has 108 valence electrons. The fourth-order valence-electron chi connectivity index (χ4n) is 2.97. The summed E-state index contributed by atoms with van der Waals surface area (Å²) < 4.78 is 0. The number of allylic oxidation sites excluding steroid dienone is 1. The molecular weight excluding hydrogens is 258 g/mol. The molecule has 0 saturated carbocycles. The van der Waals surface area contributed by atoms with Gasteiger partial charge in [-0.05, 0) is 31.0 Å². The molecule has 0 aliphatic carbocycles. The quantitative estimate of drug-likeness (QED) is 0.927. The largest absolute Gasteiger partial charge is 0.395 e. The highest BCUT2D eigenvalue weighted by atomic mass is 16.3. The van der Waals surface area contributed by atoms with Crippen molar-refractivity contribution in [3.05, 3.63) is 78.0 Å². The molecule has 1 N–H and O–H groups in total. The van der Waals surface area contributed by atoms with Crippen molar-refractivity contribution in [3.8, 4) is 0 Å². The number of aliphatic hydroxyl groups is 1. The predicted octanol–water partition coefficient (Wildman–Crippen LogP) is 3.65. The summed E-state index contributed by atoms with van der Waals surface area (Å²) in [4.78, 5) is 2.23. The van der Waals surface area contributed by atoms with E-state index in [2.05, 4.69) is 60.5 Å². The Morgan fingerprint density at radius 2 is 1.76 bits per heavy atom. The first-order valence-corrected chi connectivity index (χ1v) is 7.40. The van der Waals surface area contributed by atoms with Crippen molar-refractivity contribution in [2.24, 2.45) is 0 Å². The lowest BCUT2D eigenvalue weighted by Crippen LogP contribution is -2.44. The Morgan fingerprint density at radius 1 is 1.05 bits per heavy atom. The first-order valence-electron chi connectivity index (χ1n) is 7.40. The Kier molecular flexibility index (Phi) is 3.80. The van der Waals surface area contributed by atoms with Crippen molar-refractivity contribution >= 4 is 5.69 Å². The van der Waals surface area contributed by atoms with E-state index in [9.17, 15) is 5.11 Å². The van der Waals surface area contributed by atoms with E-state index in [-0.39, 0.29) is 12.0 Å². The molecule has 2 nitrogen and oxygen atoms in total. The van der Waals surface area contributed by atoms with Gasteiger partial charge in [-0.25, -0.2) is 0 Å². The van der Waals surface area contributed by atoms with Crippen molar-refractivity contribution < 1.29 is 5.11 Å². The molecule has 0 amide bonds. The molecule has 21 heavy (non-hydrogen) atoms. The number of aliphatic hydroxyl groups excluding tert-OH is 1. The maximum absolute atomic E-state index is 10.0. The predicted molar refractivity (Wildman–Crippen MR) is 87.5 cm³/mol. The van der Waals surface area contributed by atoms with Crippen LogP contribution in [0.25, 0.3) is 0 Å². The summed E-state index contributed by atoms with van der Waals surface area (Å²) in [6, 6.07) is 18.9. The summed E-state index contributed by atoms with van der Waals surface area (Å²) in [5.41, 5.74) is 3.41. The van der Waals surface area contributed by atoms with Gasteiger partial charge >= 0.3 is 0 Å². The molecular formula is C19H21NO. The van der Waals surface area contributed by atoms with E-state index >= 15 is 0 Å². The van der Waals surface area contributed by atoms with Crippen molar-refractivity contribution in [1.82, 2.24) is 0 Å². The van der Waals surface area contributed by atoms with Crippen LogP contribution in [-0.2, 0) is 5.41 Å². The molecule has 1 aliphatic rings. The van der Waals surface area contributed by atoms with E-state index in [1.165, 1.54) is 16.8 Å². The maximum Gasteiger partial charge on any atom is 0.0548 e. The van der Waals surface area contributed by atoms with Gasteiger partial charge in [-0.15, -0.1) is 0 Å². The van der Waals surface area contributed by atoms with Crippen LogP contribution < -0.4 is 4.90 Å². The highest BCUT2D eigenvalue weighted by Gasteiger charge is 2.34. The number of hydrogen-bond acceptors (Lipinski definition) is 2. The van der Waals surface area contributed by atoms with Gasteiger partial charge in [0.15, 0.2) is 0 Å². The highest BCUT2D eigenvalue weighted by molar-refractivity contribution is 5.52. The minimum absolute atomic E-state index is 0.156. The van der Waals surface area contributed by atoms with Gasteiger partial charge in [0.1, 0.15) is 0 Å². The van der Waals surface area contributed by atoms with Gasteiger partial charge in [-0.2, -0.15) is 0 Å². The summed E-state index contributed by atoms with van der Waals surface area (Å²) >= 11 is 0. The SMILES string of the molecule is Cc1ccc(N2C=CCC(CO)(c3ccccc3)C2)cc1. The lowest BCUT2D eigenvalue weighted by molar-refractivity contribution is 0.194. The zero-order valence-electron chi connectivity index (χ0n) is 12.4. The monoisotopic (exact) mass is 279 g/mol. The van der Waals surface area contributed by atoms with Crippen molar-refractivity contribution in [2.45, 2.75) is 18.8 Å². The van der Waals surface area contributed by atoms with Crippen LogP contribution in [0.15, 0.2) is 66.9 Å². The average Bonchev–Trinajstić information content (AvgIpc) is 2.56. The standard InChI is InChI=1S/C19H21NO/c1-16-8-10-18(11-9-16)20-13-5-12-19(14-20,15-21)17-6-3-2-4-7-17/h2-11,13,21H,12,14-15H2,1H3. The van der Waals surface area contributed by atoms with Crippen LogP contribution in [0.5, 0.6) is 0 Å². The third kappa shape index (κ3) is 2.72. The van der Waals surface area contributed by atoms with Crippen LogP contribution in [0.3, 0.4) is 0 Å². The van der Waals surface area contributed by atoms with Crippen molar-refractivity contribution in [3.63, 3.8) is 0 Å². The van der Waals surface area contributed by atoms with E-state index in [0.29, 0.717) is 0 Å². The average molecular weight is 279 g/mol. The molecule has 2 aromatic carbocycles. The molecule has 1 aliphatic heterocycles. The summed E-state index contributed by atoms with van der Waals surface area (Å²) in [6.07, 6.45) is 5.16. The van der Waals surface area contributed by atoms with E-state index in [0.717, 1.165) is 13.0 Å². The van der Waals surface area contributed by atoms with Crippen molar-refractivity contribution in [2.75, 3.05) is 18.1 Å². The molecule has 0 fully saturated rings. The van der Waals surface area contributed by atoms with Gasteiger partial charge < -0.3 is 10.0 Å². The molecule has 0 aromatic heterocycles. The topological polar surface area (TPSA) is 23.5 Å². The lowest BCUT2D eigenvalue weighted by Gasteiger charge is -2.39. The highest BCUT2D eigenvalue weighted by Crippen LogP contribution is 2.34. The number of rotatable bonds is 3. The minimum atomic E-state index is -0.221. The summed E-state index contributed by atoms with van der Waals surface area (Å²) in [6.45, 7) is 3.05. The second kappa shape index (κ2) is 5.74. The fraction of sp³-hybridized carbons (Fsp3) is 0.263. The Bertz CT molecular complexity index is 618. The van der Waals surface area contributed by atoms with E-state index < -0.39 is 0 Å². The Labute approximate surface area is 126 Å². The molecule has 0 bridgehead atoms. The number of hydrogen-bond donors (Lipinski definition) is 1. The van der Waals surface area contributed by atoms with Crippen LogP contribution in [0.2, 0.25) is 0 Å². The molecule has 1 unspecified atom stereocenters. The summed E-state index contributed by atoms with van der Waals surface area (Å²) in [5, 5.41) is 10.0. The molecule has 1 atom stereocenters. The minimum Gasteiger partial charge on any atom is -0.395 e. The van der Waals surface area contributed by atoms with Gasteiger partial charge in [-0.3, -0.25) is 0 Å². The third-order valence-electron chi connectivity index (χ3n) is 4.32. The van der Waals surface area contributed by atoms with Crippen LogP contribution in [-0.4, -0.2) is 18.3 Å². The number of anilines is 1. The molecule has 0 saturated heterocycles. The summed E-state index contributed by atoms with van der Waals surface area (Å²) in [5.74, 6) is 0. The second-order valence-electron chi connectivity index (χ2n) is 5.86. The molecule has 2 aromatic rings. The Hall–Kier alpha value is -2.06. The smallest absolute Gasteiger partial charge is 0.0548 e. The van der Waals surface area contributed by atoms with E-state index in [1.807, 2.05) is 18.2 Å². The van der Waals surface area contributed by atoms with Crippen LogP contribution in [0.1, 0.15) is 17.5 Å². The Balaban J connectivity index is 1.92. The van der Waals surface area contributed by atoms with Gasteiger partial charge in [0, 0.05) is 23.8 Å². The first-order chi connectivity index (χ1) is 10.2. The van der Waals surface area contributed by atoms with Crippen LogP contribution in [0, 0.1) is 6.92 Å². The summed E-state index contributed by atoms with van der Waals surface area (Å²) in [7, 11) is 0. The number of benzene rings is 2.